The molecule has 3 saturated heterocycles. The first-order chi connectivity index (χ1) is 22.8. The Labute approximate surface area is 281 Å². The number of ether oxygens (including phenoxy) is 2. The average molecular weight is 694 g/mol. The van der Waals surface area contributed by atoms with Crippen LogP contribution in [-0.2, 0) is 32.5 Å². The van der Waals surface area contributed by atoms with E-state index in [4.69, 9.17) is 21.1 Å². The molecule has 0 bridgehead atoms. The lowest BCUT2D eigenvalue weighted by molar-refractivity contribution is -0.143. The number of alkyl halides is 3. The normalized spacial score (nSPS) is 21.3. The fraction of sp³-hybridized carbons (Fsp3) is 0.545. The first kappa shape index (κ1) is 34.1. The van der Waals surface area contributed by atoms with Gasteiger partial charge in [0, 0.05) is 70.1 Å². The Hall–Kier alpha value is -3.75. The molecule has 4 aliphatic rings. The van der Waals surface area contributed by atoms with Gasteiger partial charge in [0.1, 0.15) is 11.4 Å². The van der Waals surface area contributed by atoms with E-state index in [9.17, 15) is 32.7 Å². The SMILES string of the molecule is CN1CCC(N2CCN(C(=O)[C@@H](Cc3cc(Cl)c(O)c(C(F)(F)F)c3)OC(=O)N3CCC4(CC3)OC(=O)Nc3ccccc34)CC2)CC1. The minimum atomic E-state index is -4.90. The number of halogens is 4. The van der Waals surface area contributed by atoms with E-state index < -0.39 is 52.3 Å². The number of nitrogens with one attached hydrogen (secondary N) is 1. The highest BCUT2D eigenvalue weighted by Gasteiger charge is 2.46. The first-order valence-electron chi connectivity index (χ1n) is 16.2. The van der Waals surface area contributed by atoms with Crippen LogP contribution in [0, 0.1) is 0 Å². The maximum absolute atomic E-state index is 13.9. The molecule has 1 atom stereocenters. The third-order valence-corrected chi connectivity index (χ3v) is 10.3. The van der Waals surface area contributed by atoms with Crippen molar-refractivity contribution < 1.29 is 42.1 Å². The standard InChI is InChI=1S/C33H39ClF3N5O6/c1-39-10-6-22(7-11-39)40-14-16-41(17-15-40)29(44)27(20-21-18-24(33(35,36)37)28(43)25(34)19-21)47-31(46)42-12-8-32(9-13-42)23-4-2-3-5-26(23)38-30(45)48-32/h2-5,18-19,22,27,43H,6-17,20H2,1H3,(H,38,45)/t27-/m1/s1. The van der Waals surface area contributed by atoms with E-state index in [2.05, 4.69) is 22.2 Å². The van der Waals surface area contributed by atoms with Gasteiger partial charge in [-0.25, -0.2) is 9.59 Å². The van der Waals surface area contributed by atoms with Crippen LogP contribution in [-0.4, -0.2) is 114 Å². The molecule has 4 aliphatic heterocycles. The van der Waals surface area contributed by atoms with Crippen molar-refractivity contribution in [1.29, 1.82) is 0 Å². The number of carbonyl (C=O) groups is 3. The van der Waals surface area contributed by atoms with Crippen molar-refractivity contribution in [3.63, 3.8) is 0 Å². The molecule has 0 aliphatic carbocycles. The molecule has 260 valence electrons. The van der Waals surface area contributed by atoms with Crippen LogP contribution in [0.15, 0.2) is 36.4 Å². The van der Waals surface area contributed by atoms with Crippen LogP contribution < -0.4 is 5.32 Å². The number of benzene rings is 2. The smallest absolute Gasteiger partial charge is 0.420 e. The van der Waals surface area contributed by atoms with E-state index in [0.29, 0.717) is 37.9 Å². The maximum Gasteiger partial charge on any atom is 0.420 e. The van der Waals surface area contributed by atoms with Crippen molar-refractivity contribution in [2.24, 2.45) is 0 Å². The number of hydrogen-bond donors (Lipinski definition) is 2. The van der Waals surface area contributed by atoms with E-state index in [1.54, 1.807) is 17.0 Å². The number of anilines is 1. The third-order valence-electron chi connectivity index (χ3n) is 9.97. The number of piperidine rings is 2. The summed E-state index contributed by atoms with van der Waals surface area (Å²) in [5, 5.41) is 12.2. The number of phenols is 1. The van der Waals surface area contributed by atoms with Crippen molar-refractivity contribution >= 4 is 35.4 Å². The van der Waals surface area contributed by atoms with Crippen molar-refractivity contribution in [1.82, 2.24) is 19.6 Å². The van der Waals surface area contributed by atoms with Gasteiger partial charge in [0.05, 0.1) is 16.3 Å². The minimum Gasteiger partial charge on any atom is -0.506 e. The Bertz CT molecular complexity index is 1540. The largest absolute Gasteiger partial charge is 0.506 e. The summed E-state index contributed by atoms with van der Waals surface area (Å²) in [7, 11) is 2.09. The molecular formula is C33H39ClF3N5O6. The summed E-state index contributed by atoms with van der Waals surface area (Å²) < 4.78 is 52.6. The average Bonchev–Trinajstić information content (AvgIpc) is 3.06. The van der Waals surface area contributed by atoms with Gasteiger partial charge >= 0.3 is 18.4 Å². The van der Waals surface area contributed by atoms with E-state index in [-0.39, 0.29) is 37.9 Å². The number of aromatic hydroxyl groups is 1. The lowest BCUT2D eigenvalue weighted by atomic mass is 9.82. The number of amides is 3. The molecule has 2 aromatic rings. The zero-order valence-electron chi connectivity index (χ0n) is 26.6. The molecule has 48 heavy (non-hydrogen) atoms. The van der Waals surface area contributed by atoms with Crippen LogP contribution in [0.25, 0.3) is 0 Å². The van der Waals surface area contributed by atoms with E-state index in [1.165, 1.54) is 4.90 Å². The molecule has 0 unspecified atom stereocenters. The Morgan fingerprint density at radius 3 is 2.38 bits per heavy atom. The van der Waals surface area contributed by atoms with Crippen LogP contribution in [0.5, 0.6) is 5.75 Å². The van der Waals surface area contributed by atoms with E-state index >= 15 is 0 Å². The van der Waals surface area contributed by atoms with Crippen molar-refractivity contribution in [2.75, 3.05) is 64.7 Å². The molecule has 1 spiro atoms. The summed E-state index contributed by atoms with van der Waals surface area (Å²) in [6, 6.07) is 9.57. The number of para-hydroxylation sites is 1. The van der Waals surface area contributed by atoms with Gasteiger partial charge in [0.2, 0.25) is 0 Å². The predicted octanol–water partition coefficient (Wildman–Crippen LogP) is 4.90. The summed E-state index contributed by atoms with van der Waals surface area (Å²) in [4.78, 5) is 47.5. The number of hydrogen-bond acceptors (Lipinski definition) is 8. The minimum absolute atomic E-state index is 0.0166. The zero-order chi connectivity index (χ0) is 34.2. The fourth-order valence-corrected chi connectivity index (χ4v) is 7.47. The Kier molecular flexibility index (Phi) is 9.69. The first-order valence-corrected chi connectivity index (χ1v) is 16.6. The van der Waals surface area contributed by atoms with Gasteiger partial charge < -0.3 is 29.3 Å². The zero-order valence-corrected chi connectivity index (χ0v) is 27.4. The number of carbonyl (C=O) groups excluding carboxylic acids is 3. The van der Waals surface area contributed by atoms with Crippen molar-refractivity contribution in [2.45, 2.75) is 56.0 Å². The molecule has 2 N–H and O–H groups in total. The topological polar surface area (TPSA) is 115 Å². The molecule has 11 nitrogen and oxygen atoms in total. The molecule has 3 amide bonds. The van der Waals surface area contributed by atoms with Crippen LogP contribution in [0.1, 0.15) is 42.4 Å². The molecule has 6 rings (SSSR count). The summed E-state index contributed by atoms with van der Waals surface area (Å²) in [6.07, 6.45) is -5.47. The fourth-order valence-electron chi connectivity index (χ4n) is 7.23. The van der Waals surface area contributed by atoms with Gasteiger partial charge in [-0.1, -0.05) is 29.8 Å². The lowest BCUT2D eigenvalue weighted by Gasteiger charge is -2.44. The summed E-state index contributed by atoms with van der Waals surface area (Å²) in [5.74, 6) is -1.63. The number of fused-ring (bicyclic) bond motifs is 2. The van der Waals surface area contributed by atoms with Crippen LogP contribution in [0.3, 0.4) is 0 Å². The van der Waals surface area contributed by atoms with Gasteiger partial charge in [0.15, 0.2) is 6.10 Å². The van der Waals surface area contributed by atoms with Gasteiger partial charge in [0.25, 0.3) is 5.91 Å². The molecule has 4 heterocycles. The van der Waals surface area contributed by atoms with E-state index in [1.807, 2.05) is 12.1 Å². The van der Waals surface area contributed by atoms with Gasteiger partial charge in [-0.05, 0) is 56.7 Å². The number of rotatable bonds is 5. The summed E-state index contributed by atoms with van der Waals surface area (Å²) >= 11 is 5.97. The highest BCUT2D eigenvalue weighted by Crippen LogP contribution is 2.44. The van der Waals surface area contributed by atoms with Gasteiger partial charge in [-0.2, -0.15) is 13.2 Å². The highest BCUT2D eigenvalue weighted by atomic mass is 35.5. The van der Waals surface area contributed by atoms with Gasteiger partial charge in [-0.15, -0.1) is 0 Å². The van der Waals surface area contributed by atoms with Gasteiger partial charge in [-0.3, -0.25) is 15.0 Å². The number of phenolic OH excluding ortho intramolecular Hbond substituents is 1. The Morgan fingerprint density at radius 1 is 1.04 bits per heavy atom. The molecule has 3 fully saturated rings. The highest BCUT2D eigenvalue weighted by molar-refractivity contribution is 6.32. The number of piperazine rings is 1. The second kappa shape index (κ2) is 13.6. The monoisotopic (exact) mass is 693 g/mol. The molecule has 15 heteroatoms. The maximum atomic E-state index is 13.9. The second-order valence-corrected chi connectivity index (χ2v) is 13.4. The predicted molar refractivity (Wildman–Crippen MR) is 170 cm³/mol. The Morgan fingerprint density at radius 2 is 1.71 bits per heavy atom. The summed E-state index contributed by atoms with van der Waals surface area (Å²) in [6.45, 7) is 4.34. The lowest BCUT2D eigenvalue weighted by Crippen LogP contribution is -2.56. The number of likely N-dealkylation sites (tertiary alicyclic amines) is 2. The molecule has 2 aromatic carbocycles. The second-order valence-electron chi connectivity index (χ2n) is 13.0. The van der Waals surface area contributed by atoms with Crippen molar-refractivity contribution in [3.8, 4) is 5.75 Å². The third kappa shape index (κ3) is 7.15. The molecule has 0 aromatic heterocycles. The number of nitrogens with zero attached hydrogens (tertiary/aromatic N) is 4. The molecule has 0 saturated carbocycles. The summed E-state index contributed by atoms with van der Waals surface area (Å²) in [5.41, 5.74) is -0.855. The van der Waals surface area contributed by atoms with Crippen LogP contribution >= 0.6 is 11.6 Å². The van der Waals surface area contributed by atoms with Crippen LogP contribution in [0.2, 0.25) is 5.02 Å². The van der Waals surface area contributed by atoms with Crippen molar-refractivity contribution in [3.05, 3.63) is 58.1 Å². The van der Waals surface area contributed by atoms with E-state index in [0.717, 1.165) is 43.6 Å². The van der Waals surface area contributed by atoms with Crippen LogP contribution in [0.4, 0.5) is 28.4 Å². The molecule has 0 radical (unpaired) electrons. The molecular weight excluding hydrogens is 655 g/mol. The quantitative estimate of drug-likeness (QED) is 0.455. The Balaban J connectivity index is 1.17.